The average molecular weight is 171 g/mol. The fourth-order valence-corrected chi connectivity index (χ4v) is 0.872. The summed E-state index contributed by atoms with van der Waals surface area (Å²) in [5.41, 5.74) is 11.8. The zero-order chi connectivity index (χ0) is 8.97. The number of anilines is 2. The summed E-state index contributed by atoms with van der Waals surface area (Å²) >= 11 is 0. The number of hydrogen-bond acceptors (Lipinski definition) is 5. The van der Waals surface area contributed by atoms with Crippen LogP contribution >= 0.6 is 0 Å². The molecule has 0 aliphatic carbocycles. The maximum atomic E-state index is 8.49. The predicted molar refractivity (Wildman–Crippen MR) is 46.2 cm³/mol. The van der Waals surface area contributed by atoms with Crippen LogP contribution in [0.4, 0.5) is 11.6 Å². The topological polar surface area (TPSA) is 113 Å². The highest BCUT2D eigenvalue weighted by Gasteiger charge is 2.05. The molecule has 68 valence electrons. The Morgan fingerprint density at radius 1 is 1.50 bits per heavy atom. The van der Waals surface area contributed by atoms with E-state index in [4.69, 9.17) is 16.6 Å². The molecule has 0 fully saturated rings. The smallest absolute Gasteiger partial charge is 0.151 e. The number of nitrogens with zero attached hydrogens (tertiary/aromatic N) is 1. The van der Waals surface area contributed by atoms with Crippen LogP contribution in [0.15, 0.2) is 0 Å². The third-order valence-corrected chi connectivity index (χ3v) is 1.52. The molecule has 0 aliphatic rings. The third-order valence-electron chi connectivity index (χ3n) is 1.52. The fraction of sp³-hybridized carbons (Fsp3) is 0.500. The molecule has 12 heavy (non-hydrogen) atoms. The molecule has 0 aromatic carbocycles. The van der Waals surface area contributed by atoms with Gasteiger partial charge in [-0.15, -0.1) is 0 Å². The number of aliphatic hydroxyl groups is 1. The molecule has 0 unspecified atom stereocenters. The molecule has 0 atom stereocenters. The van der Waals surface area contributed by atoms with Crippen LogP contribution in [0.1, 0.15) is 5.56 Å². The largest absolute Gasteiger partial charge is 0.395 e. The van der Waals surface area contributed by atoms with Crippen molar-refractivity contribution in [3.05, 3.63) is 5.56 Å². The van der Waals surface area contributed by atoms with Crippen molar-refractivity contribution in [2.45, 2.75) is 6.54 Å². The van der Waals surface area contributed by atoms with Crippen molar-refractivity contribution in [1.29, 1.82) is 0 Å². The van der Waals surface area contributed by atoms with Gasteiger partial charge in [-0.25, -0.2) is 0 Å². The Labute approximate surface area is 69.9 Å². The van der Waals surface area contributed by atoms with Crippen molar-refractivity contribution in [3.63, 3.8) is 0 Å². The van der Waals surface area contributed by atoms with Crippen molar-refractivity contribution in [2.75, 3.05) is 24.6 Å². The molecule has 6 nitrogen and oxygen atoms in total. The molecule has 1 aromatic rings. The summed E-state index contributed by atoms with van der Waals surface area (Å²) in [5.74, 6) is 0.871. The molecule has 0 radical (unpaired) electrons. The molecule has 1 rings (SSSR count). The van der Waals surface area contributed by atoms with Gasteiger partial charge in [-0.2, -0.15) is 5.10 Å². The number of hydrogen-bond donors (Lipinski definition) is 5. The summed E-state index contributed by atoms with van der Waals surface area (Å²) in [5, 5.41) is 17.7. The first kappa shape index (κ1) is 8.82. The molecule has 0 saturated carbocycles. The number of aromatic amines is 1. The maximum absolute atomic E-state index is 8.49. The van der Waals surface area contributed by atoms with E-state index >= 15 is 0 Å². The minimum Gasteiger partial charge on any atom is -0.395 e. The first-order chi connectivity index (χ1) is 5.75. The number of aromatic nitrogens is 2. The second-order valence-electron chi connectivity index (χ2n) is 2.40. The molecule has 0 aliphatic heterocycles. The molecule has 1 heterocycles. The van der Waals surface area contributed by atoms with Crippen LogP contribution < -0.4 is 16.8 Å². The van der Waals surface area contributed by atoms with Crippen molar-refractivity contribution in [3.8, 4) is 0 Å². The van der Waals surface area contributed by atoms with Gasteiger partial charge in [-0.1, -0.05) is 0 Å². The average Bonchev–Trinajstić information content (AvgIpc) is 2.35. The van der Waals surface area contributed by atoms with E-state index in [-0.39, 0.29) is 6.61 Å². The van der Waals surface area contributed by atoms with E-state index in [1.54, 1.807) is 0 Å². The lowest BCUT2D eigenvalue weighted by molar-refractivity contribution is 0.292. The number of nitrogens with two attached hydrogens (primary N) is 2. The predicted octanol–water partition coefficient (Wildman–Crippen LogP) is -1.34. The van der Waals surface area contributed by atoms with Gasteiger partial charge in [0, 0.05) is 13.1 Å². The van der Waals surface area contributed by atoms with Gasteiger partial charge >= 0.3 is 0 Å². The second-order valence-corrected chi connectivity index (χ2v) is 2.40. The summed E-state index contributed by atoms with van der Waals surface area (Å²) in [6, 6.07) is 0. The van der Waals surface area contributed by atoms with E-state index in [1.165, 1.54) is 0 Å². The summed E-state index contributed by atoms with van der Waals surface area (Å²) in [4.78, 5) is 0. The van der Waals surface area contributed by atoms with Crippen LogP contribution in [0, 0.1) is 0 Å². The molecule has 0 bridgehead atoms. The lowest BCUT2D eigenvalue weighted by Gasteiger charge is -2.01. The van der Waals surface area contributed by atoms with Crippen molar-refractivity contribution >= 4 is 11.6 Å². The molecule has 0 saturated heterocycles. The van der Waals surface area contributed by atoms with Gasteiger partial charge in [-0.05, 0) is 0 Å². The van der Waals surface area contributed by atoms with Crippen LogP contribution in [-0.4, -0.2) is 28.5 Å². The van der Waals surface area contributed by atoms with Crippen LogP contribution in [0.25, 0.3) is 0 Å². The molecule has 0 spiro atoms. The minimum absolute atomic E-state index is 0.0949. The van der Waals surface area contributed by atoms with Crippen LogP contribution in [0.3, 0.4) is 0 Å². The highest BCUT2D eigenvalue weighted by Crippen LogP contribution is 2.13. The first-order valence-electron chi connectivity index (χ1n) is 3.65. The lowest BCUT2D eigenvalue weighted by Crippen LogP contribution is -2.18. The SMILES string of the molecule is Nc1n[nH]c(N)c1CNCCO. The van der Waals surface area contributed by atoms with Gasteiger partial charge in [0.2, 0.25) is 0 Å². The molecule has 1 aromatic heterocycles. The first-order valence-corrected chi connectivity index (χ1v) is 3.65. The monoisotopic (exact) mass is 171 g/mol. The van der Waals surface area contributed by atoms with Gasteiger partial charge in [0.15, 0.2) is 5.82 Å². The molecular weight excluding hydrogens is 158 g/mol. The zero-order valence-corrected chi connectivity index (χ0v) is 6.67. The standard InChI is InChI=1S/C6H13N5O/c7-5-4(3-9-1-2-12)6(8)11-10-5/h9,12H,1-3H2,(H5,7,8,10,11). The fourth-order valence-electron chi connectivity index (χ4n) is 0.872. The Morgan fingerprint density at radius 3 is 2.75 bits per heavy atom. The van der Waals surface area contributed by atoms with E-state index in [0.29, 0.717) is 24.7 Å². The van der Waals surface area contributed by atoms with E-state index in [9.17, 15) is 0 Å². The van der Waals surface area contributed by atoms with E-state index < -0.39 is 0 Å². The van der Waals surface area contributed by atoms with Gasteiger partial charge in [0.05, 0.1) is 12.2 Å². The highest BCUT2D eigenvalue weighted by atomic mass is 16.3. The Morgan fingerprint density at radius 2 is 2.25 bits per heavy atom. The summed E-state index contributed by atoms with van der Waals surface area (Å²) in [6.45, 7) is 1.14. The van der Waals surface area contributed by atoms with Crippen LogP contribution in [0.5, 0.6) is 0 Å². The number of nitrogens with one attached hydrogen (secondary N) is 2. The Balaban J connectivity index is 2.50. The summed E-state index contributed by atoms with van der Waals surface area (Å²) in [6.07, 6.45) is 0. The summed E-state index contributed by atoms with van der Waals surface area (Å²) in [7, 11) is 0. The lowest BCUT2D eigenvalue weighted by atomic mass is 10.3. The van der Waals surface area contributed by atoms with E-state index in [2.05, 4.69) is 15.5 Å². The third kappa shape index (κ3) is 1.86. The second kappa shape index (κ2) is 3.93. The van der Waals surface area contributed by atoms with Gasteiger partial charge in [0.1, 0.15) is 5.82 Å². The zero-order valence-electron chi connectivity index (χ0n) is 6.67. The number of nitrogen functional groups attached to an aromatic ring is 2. The van der Waals surface area contributed by atoms with E-state index in [1.807, 2.05) is 0 Å². The summed E-state index contributed by atoms with van der Waals surface area (Å²) < 4.78 is 0. The molecule has 6 heteroatoms. The van der Waals surface area contributed by atoms with Crippen LogP contribution in [0.2, 0.25) is 0 Å². The van der Waals surface area contributed by atoms with Crippen LogP contribution in [-0.2, 0) is 6.54 Å². The highest BCUT2D eigenvalue weighted by molar-refractivity contribution is 5.52. The Hall–Kier alpha value is -1.27. The minimum atomic E-state index is 0.0949. The normalized spacial score (nSPS) is 10.4. The number of H-pyrrole nitrogens is 1. The van der Waals surface area contributed by atoms with Crippen molar-refractivity contribution in [2.24, 2.45) is 0 Å². The van der Waals surface area contributed by atoms with Gasteiger partial charge in [0.25, 0.3) is 0 Å². The Bertz CT molecular complexity index is 227. The van der Waals surface area contributed by atoms with Gasteiger partial charge in [-0.3, -0.25) is 5.10 Å². The quantitative estimate of drug-likeness (QED) is 0.360. The number of aliphatic hydroxyl groups excluding tert-OH is 1. The molecule has 0 amide bonds. The van der Waals surface area contributed by atoms with Gasteiger partial charge < -0.3 is 21.9 Å². The number of rotatable bonds is 4. The van der Waals surface area contributed by atoms with Crippen molar-refractivity contribution in [1.82, 2.24) is 15.5 Å². The van der Waals surface area contributed by atoms with E-state index in [0.717, 1.165) is 5.56 Å². The van der Waals surface area contributed by atoms with Crippen molar-refractivity contribution < 1.29 is 5.11 Å². The maximum Gasteiger partial charge on any atom is 0.151 e. The Kier molecular flexibility index (Phi) is 2.89. The molecular formula is C6H13N5O. The molecule has 7 N–H and O–H groups in total.